The molecule has 1 aromatic heterocycles. The fraction of sp³-hybridized carbons (Fsp3) is 0.379. The first-order valence-electron chi connectivity index (χ1n) is 12.5. The molecule has 0 radical (unpaired) electrons. The maximum Gasteiger partial charge on any atom is 0.287 e. The summed E-state index contributed by atoms with van der Waals surface area (Å²) in [7, 11) is 1.57. The highest BCUT2D eigenvalue weighted by atomic mass is 19.1. The lowest BCUT2D eigenvalue weighted by molar-refractivity contribution is -0.134. The largest absolute Gasteiger partial charge is 0.486 e. The van der Waals surface area contributed by atoms with Gasteiger partial charge in [0.1, 0.15) is 23.9 Å². The van der Waals surface area contributed by atoms with E-state index in [9.17, 15) is 14.0 Å². The summed E-state index contributed by atoms with van der Waals surface area (Å²) >= 11 is 0. The van der Waals surface area contributed by atoms with Gasteiger partial charge in [0.25, 0.3) is 5.91 Å². The van der Waals surface area contributed by atoms with Crippen LogP contribution in [0.25, 0.3) is 0 Å². The number of ether oxygens (including phenoxy) is 2. The summed E-state index contributed by atoms with van der Waals surface area (Å²) in [5.74, 6) is 0.913. The fourth-order valence-electron chi connectivity index (χ4n) is 4.54. The lowest BCUT2D eigenvalue weighted by Crippen LogP contribution is -2.41. The third-order valence-electron chi connectivity index (χ3n) is 6.27. The van der Waals surface area contributed by atoms with Crippen molar-refractivity contribution >= 4 is 11.8 Å². The smallest absolute Gasteiger partial charge is 0.287 e. The number of methoxy groups -OCH3 is 1. The summed E-state index contributed by atoms with van der Waals surface area (Å²) in [6.07, 6.45) is 1.14. The number of fused-ring (bicyclic) bond motifs is 1. The Morgan fingerprint density at radius 1 is 1.16 bits per heavy atom. The molecule has 0 aliphatic carbocycles. The highest BCUT2D eigenvalue weighted by Gasteiger charge is 2.32. The lowest BCUT2D eigenvalue weighted by Gasteiger charge is -2.38. The predicted octanol–water partition coefficient (Wildman–Crippen LogP) is 4.89. The molecule has 196 valence electrons. The average Bonchev–Trinajstić information content (AvgIpc) is 3.35. The molecule has 7 nitrogen and oxygen atoms in total. The Hall–Kier alpha value is -3.65. The molecule has 2 amide bonds. The van der Waals surface area contributed by atoms with Crippen LogP contribution < -0.4 is 10.1 Å². The van der Waals surface area contributed by atoms with Gasteiger partial charge < -0.3 is 24.1 Å². The zero-order valence-electron chi connectivity index (χ0n) is 21.5. The Labute approximate surface area is 216 Å². The standard InChI is InChI=1S/C29H33FN2O5/c1-19(2)15-27(33)32-13-11-20-7-8-23(17-25(20)28(32)21-5-4-6-22(30)16-21)36-18-24-9-10-26(37-24)29(34)31-12-14-35-3/h4-10,16-17,19,28H,11-15,18H2,1-3H3,(H,31,34)/t28-/m0/s1. The second-order valence-electron chi connectivity index (χ2n) is 9.56. The first kappa shape index (κ1) is 26.4. The molecule has 1 atom stereocenters. The molecule has 2 heterocycles. The maximum absolute atomic E-state index is 14.2. The first-order valence-corrected chi connectivity index (χ1v) is 12.5. The molecule has 0 fully saturated rings. The van der Waals surface area contributed by atoms with Crippen LogP contribution in [-0.2, 0) is 22.6 Å². The van der Waals surface area contributed by atoms with E-state index in [4.69, 9.17) is 13.9 Å². The SMILES string of the molecule is COCCNC(=O)c1ccc(COc2ccc3c(c2)[C@H](c2cccc(F)c2)N(C(=O)CC(C)C)CC3)o1. The van der Waals surface area contributed by atoms with Crippen molar-refractivity contribution in [2.45, 2.75) is 39.3 Å². The minimum Gasteiger partial charge on any atom is -0.486 e. The van der Waals surface area contributed by atoms with Crippen molar-refractivity contribution in [2.24, 2.45) is 5.92 Å². The highest BCUT2D eigenvalue weighted by molar-refractivity contribution is 5.91. The highest BCUT2D eigenvalue weighted by Crippen LogP contribution is 2.38. The van der Waals surface area contributed by atoms with Crippen molar-refractivity contribution in [2.75, 3.05) is 26.8 Å². The molecular formula is C29H33FN2O5. The first-order chi connectivity index (χ1) is 17.9. The van der Waals surface area contributed by atoms with Gasteiger partial charge in [0.2, 0.25) is 5.91 Å². The van der Waals surface area contributed by atoms with E-state index in [-0.39, 0.29) is 35.9 Å². The molecule has 37 heavy (non-hydrogen) atoms. The fourth-order valence-corrected chi connectivity index (χ4v) is 4.54. The summed E-state index contributed by atoms with van der Waals surface area (Å²) < 4.78 is 30.8. The Morgan fingerprint density at radius 3 is 2.76 bits per heavy atom. The molecule has 0 unspecified atom stereocenters. The third-order valence-corrected chi connectivity index (χ3v) is 6.27. The van der Waals surface area contributed by atoms with Crippen molar-refractivity contribution in [3.05, 3.63) is 88.6 Å². The number of nitrogens with one attached hydrogen (secondary N) is 1. The molecule has 0 bridgehead atoms. The van der Waals surface area contributed by atoms with Gasteiger partial charge in [-0.3, -0.25) is 9.59 Å². The van der Waals surface area contributed by atoms with Gasteiger partial charge in [-0.2, -0.15) is 0 Å². The van der Waals surface area contributed by atoms with Gasteiger partial charge in [0.15, 0.2) is 5.76 Å². The van der Waals surface area contributed by atoms with E-state index in [0.29, 0.717) is 44.0 Å². The molecule has 1 aliphatic rings. The van der Waals surface area contributed by atoms with Crippen LogP contribution >= 0.6 is 0 Å². The maximum atomic E-state index is 14.2. The molecule has 4 rings (SSSR count). The Morgan fingerprint density at radius 2 is 2.00 bits per heavy atom. The summed E-state index contributed by atoms with van der Waals surface area (Å²) in [5, 5.41) is 2.71. The number of hydrogen-bond acceptors (Lipinski definition) is 5. The number of halogens is 1. The quantitative estimate of drug-likeness (QED) is 0.394. The summed E-state index contributed by atoms with van der Waals surface area (Å²) in [5.41, 5.74) is 2.75. The molecule has 3 aromatic rings. The van der Waals surface area contributed by atoms with Gasteiger partial charge in [-0.25, -0.2) is 4.39 Å². The van der Waals surface area contributed by atoms with Crippen LogP contribution in [0.3, 0.4) is 0 Å². The number of carbonyl (C=O) groups excluding carboxylic acids is 2. The number of amides is 2. The normalized spacial score (nSPS) is 14.9. The van der Waals surface area contributed by atoms with Gasteiger partial charge in [-0.05, 0) is 65.4 Å². The average molecular weight is 509 g/mol. The van der Waals surface area contributed by atoms with Gasteiger partial charge >= 0.3 is 0 Å². The van der Waals surface area contributed by atoms with E-state index < -0.39 is 6.04 Å². The Balaban J connectivity index is 1.54. The summed E-state index contributed by atoms with van der Waals surface area (Å²) in [4.78, 5) is 27.2. The van der Waals surface area contributed by atoms with Crippen LogP contribution in [0.1, 0.15) is 59.3 Å². The number of benzene rings is 2. The van der Waals surface area contributed by atoms with E-state index in [1.807, 2.05) is 43.0 Å². The minimum absolute atomic E-state index is 0.0492. The Kier molecular flexibility index (Phi) is 8.61. The third kappa shape index (κ3) is 6.57. The number of hydrogen-bond donors (Lipinski definition) is 1. The van der Waals surface area contributed by atoms with Crippen molar-refractivity contribution < 1.29 is 27.9 Å². The summed E-state index contributed by atoms with van der Waals surface area (Å²) in [6, 6.07) is 15.1. The second-order valence-corrected chi connectivity index (χ2v) is 9.56. The van der Waals surface area contributed by atoms with Crippen molar-refractivity contribution in [3.8, 4) is 5.75 Å². The zero-order chi connectivity index (χ0) is 26.4. The van der Waals surface area contributed by atoms with E-state index in [1.54, 1.807) is 25.3 Å². The molecule has 0 saturated carbocycles. The van der Waals surface area contributed by atoms with Crippen molar-refractivity contribution in [1.82, 2.24) is 10.2 Å². The predicted molar refractivity (Wildman–Crippen MR) is 137 cm³/mol. The number of furan rings is 1. The minimum atomic E-state index is -0.403. The van der Waals surface area contributed by atoms with E-state index in [2.05, 4.69) is 5.32 Å². The van der Waals surface area contributed by atoms with Gasteiger partial charge in [0.05, 0.1) is 12.6 Å². The van der Waals surface area contributed by atoms with Crippen LogP contribution in [-0.4, -0.2) is 43.5 Å². The zero-order valence-corrected chi connectivity index (χ0v) is 21.5. The van der Waals surface area contributed by atoms with Gasteiger partial charge in [-0.1, -0.05) is 32.0 Å². The molecule has 1 N–H and O–H groups in total. The van der Waals surface area contributed by atoms with E-state index in [1.165, 1.54) is 12.1 Å². The monoisotopic (exact) mass is 508 g/mol. The molecular weight excluding hydrogens is 475 g/mol. The number of rotatable bonds is 10. The van der Waals surface area contributed by atoms with Crippen LogP contribution in [0.5, 0.6) is 5.75 Å². The molecule has 0 saturated heterocycles. The van der Waals surface area contributed by atoms with Crippen LogP contribution in [0.4, 0.5) is 4.39 Å². The van der Waals surface area contributed by atoms with E-state index >= 15 is 0 Å². The molecule has 1 aliphatic heterocycles. The molecule has 8 heteroatoms. The van der Waals surface area contributed by atoms with E-state index in [0.717, 1.165) is 16.7 Å². The number of carbonyl (C=O) groups is 2. The Bertz CT molecular complexity index is 1240. The molecule has 2 aromatic carbocycles. The van der Waals surface area contributed by atoms with Crippen molar-refractivity contribution in [1.29, 1.82) is 0 Å². The van der Waals surface area contributed by atoms with Crippen LogP contribution in [0.2, 0.25) is 0 Å². The summed E-state index contributed by atoms with van der Waals surface area (Å²) in [6.45, 7) is 5.54. The van der Waals surface area contributed by atoms with Gasteiger partial charge in [0, 0.05) is 26.6 Å². The van der Waals surface area contributed by atoms with Crippen LogP contribution in [0.15, 0.2) is 59.0 Å². The van der Waals surface area contributed by atoms with Crippen LogP contribution in [0, 0.1) is 11.7 Å². The lowest BCUT2D eigenvalue weighted by atomic mass is 9.87. The van der Waals surface area contributed by atoms with Gasteiger partial charge in [-0.15, -0.1) is 0 Å². The molecule has 0 spiro atoms. The van der Waals surface area contributed by atoms with Crippen molar-refractivity contribution in [3.63, 3.8) is 0 Å². The second kappa shape index (κ2) is 12.1. The topological polar surface area (TPSA) is 81.0 Å². The number of nitrogens with zero attached hydrogens (tertiary/aromatic N) is 1.